The maximum absolute atomic E-state index is 13.5. The highest BCUT2D eigenvalue weighted by Crippen LogP contribution is 2.53. The predicted molar refractivity (Wildman–Crippen MR) is 127 cm³/mol. The third kappa shape index (κ3) is 4.64. The zero-order valence-electron chi connectivity index (χ0n) is 18.9. The first-order valence-corrected chi connectivity index (χ1v) is 13.2. The molecule has 0 radical (unpaired) electrons. The van der Waals surface area contributed by atoms with Crippen LogP contribution in [0.3, 0.4) is 0 Å². The fourth-order valence-electron chi connectivity index (χ4n) is 4.38. The molecule has 180 valence electrons. The summed E-state index contributed by atoms with van der Waals surface area (Å²) < 4.78 is 37.1. The number of halogens is 1. The van der Waals surface area contributed by atoms with E-state index in [0.29, 0.717) is 22.7 Å². The lowest BCUT2D eigenvalue weighted by molar-refractivity contribution is 0.0950. The van der Waals surface area contributed by atoms with Crippen LogP contribution in [0.1, 0.15) is 50.6 Å². The molecule has 0 bridgehead atoms. The summed E-state index contributed by atoms with van der Waals surface area (Å²) >= 11 is 5.88. The van der Waals surface area contributed by atoms with Crippen LogP contribution in [0, 0.1) is 11.8 Å². The van der Waals surface area contributed by atoms with E-state index in [0.717, 1.165) is 31.2 Å². The van der Waals surface area contributed by atoms with Gasteiger partial charge in [-0.05, 0) is 56.6 Å². The van der Waals surface area contributed by atoms with Gasteiger partial charge >= 0.3 is 0 Å². The maximum Gasteiger partial charge on any atom is 0.240 e. The summed E-state index contributed by atoms with van der Waals surface area (Å²) in [7, 11) is -2.52. The number of sulfonamides is 1. The molecule has 0 aromatic carbocycles. The predicted octanol–water partition coefficient (Wildman–Crippen LogP) is 3.66. The van der Waals surface area contributed by atoms with Gasteiger partial charge in [-0.1, -0.05) is 11.6 Å². The number of nitrogens with zero attached hydrogens (tertiary/aromatic N) is 6. The van der Waals surface area contributed by atoms with Crippen LogP contribution in [0.4, 0.5) is 5.95 Å². The minimum absolute atomic E-state index is 0.149. The van der Waals surface area contributed by atoms with Crippen LogP contribution in [-0.2, 0) is 14.8 Å². The lowest BCUT2D eigenvalue weighted by Crippen LogP contribution is -2.34. The van der Waals surface area contributed by atoms with Crippen molar-refractivity contribution in [3.8, 4) is 11.4 Å². The molecule has 10 nitrogen and oxygen atoms in total. The second kappa shape index (κ2) is 9.20. The molecule has 2 atom stereocenters. The van der Waals surface area contributed by atoms with Crippen molar-refractivity contribution in [3.63, 3.8) is 0 Å². The van der Waals surface area contributed by atoms with Crippen LogP contribution in [0.5, 0.6) is 0 Å². The minimum atomic E-state index is -3.95. The summed E-state index contributed by atoms with van der Waals surface area (Å²) in [6.45, 7) is 1.55. The van der Waals surface area contributed by atoms with Crippen molar-refractivity contribution in [1.29, 1.82) is 0 Å². The Hall–Kier alpha value is -2.63. The third-order valence-corrected chi connectivity index (χ3v) is 8.31. The highest BCUT2D eigenvalue weighted by atomic mass is 35.5. The Kier molecular flexibility index (Phi) is 6.26. The Bertz CT molecular complexity index is 1230. The molecule has 3 heterocycles. The fourth-order valence-corrected chi connectivity index (χ4v) is 5.61. The lowest BCUT2D eigenvalue weighted by Gasteiger charge is -2.25. The summed E-state index contributed by atoms with van der Waals surface area (Å²) in [5.74, 6) is 2.05. The standard InChI is InChI=1S/C22H26ClN7O3S/c1-13(19(33-2)20-25-11-17(23)12-26-20)34(31,32)29-22-28-27-21(16-4-3-9-24-10-16)30(22)18(14-5-6-14)15-7-8-15/h3-4,9-15,18-19H,5-8H2,1-2H3,(H,28,29)/t13-,19-/m0/s1. The van der Waals surface area contributed by atoms with Gasteiger partial charge in [0.2, 0.25) is 16.0 Å². The summed E-state index contributed by atoms with van der Waals surface area (Å²) in [4.78, 5) is 12.5. The molecule has 2 saturated carbocycles. The largest absolute Gasteiger partial charge is 0.372 e. The molecule has 34 heavy (non-hydrogen) atoms. The zero-order valence-corrected chi connectivity index (χ0v) is 20.4. The van der Waals surface area contributed by atoms with Crippen molar-refractivity contribution in [2.45, 2.75) is 50.0 Å². The SMILES string of the molecule is CO[C@H](c1ncc(Cl)cn1)[C@H](C)S(=O)(=O)Nc1nnc(-c2cccnc2)n1C(C1CC1)C1CC1. The van der Waals surface area contributed by atoms with Gasteiger partial charge in [0.05, 0.1) is 5.02 Å². The van der Waals surface area contributed by atoms with E-state index in [4.69, 9.17) is 16.3 Å². The van der Waals surface area contributed by atoms with E-state index < -0.39 is 21.4 Å². The van der Waals surface area contributed by atoms with Crippen LogP contribution in [-0.4, -0.2) is 50.5 Å². The Morgan fingerprint density at radius 2 is 1.79 bits per heavy atom. The molecule has 3 aromatic rings. The van der Waals surface area contributed by atoms with Gasteiger partial charge in [-0.2, -0.15) is 0 Å². The Labute approximate surface area is 203 Å². The molecule has 2 aliphatic rings. The van der Waals surface area contributed by atoms with Crippen molar-refractivity contribution in [2.24, 2.45) is 11.8 Å². The van der Waals surface area contributed by atoms with Crippen LogP contribution < -0.4 is 4.72 Å². The Morgan fingerprint density at radius 1 is 1.12 bits per heavy atom. The second-order valence-electron chi connectivity index (χ2n) is 8.89. The van der Waals surface area contributed by atoms with Gasteiger partial charge in [-0.25, -0.2) is 18.4 Å². The summed E-state index contributed by atoms with van der Waals surface area (Å²) in [6.07, 6.45) is 9.82. The Balaban J connectivity index is 1.49. The molecular weight excluding hydrogens is 478 g/mol. The van der Waals surface area contributed by atoms with E-state index in [-0.39, 0.29) is 17.8 Å². The highest BCUT2D eigenvalue weighted by Gasteiger charge is 2.45. The van der Waals surface area contributed by atoms with Crippen molar-refractivity contribution in [1.82, 2.24) is 29.7 Å². The van der Waals surface area contributed by atoms with Gasteiger partial charge in [0.1, 0.15) is 11.4 Å². The smallest absolute Gasteiger partial charge is 0.240 e. The van der Waals surface area contributed by atoms with Crippen LogP contribution in [0.2, 0.25) is 5.02 Å². The number of anilines is 1. The van der Waals surface area contributed by atoms with Gasteiger partial charge in [0.25, 0.3) is 0 Å². The third-order valence-electron chi connectivity index (χ3n) is 6.42. The molecule has 0 saturated heterocycles. The van der Waals surface area contributed by atoms with E-state index in [9.17, 15) is 8.42 Å². The number of methoxy groups -OCH3 is 1. The first-order valence-electron chi connectivity index (χ1n) is 11.3. The average Bonchev–Trinajstić information content (AvgIpc) is 3.76. The van der Waals surface area contributed by atoms with E-state index in [1.807, 2.05) is 16.7 Å². The van der Waals surface area contributed by atoms with Crippen molar-refractivity contribution < 1.29 is 13.2 Å². The van der Waals surface area contributed by atoms with Gasteiger partial charge in [-0.15, -0.1) is 10.2 Å². The maximum atomic E-state index is 13.5. The normalized spacial score (nSPS) is 18.1. The molecule has 2 aliphatic carbocycles. The molecule has 0 unspecified atom stereocenters. The van der Waals surface area contributed by atoms with Crippen LogP contribution in [0.25, 0.3) is 11.4 Å². The zero-order chi connectivity index (χ0) is 23.9. The molecular formula is C22H26ClN7O3S. The number of pyridine rings is 1. The van der Waals surface area contributed by atoms with Gasteiger partial charge in [0.15, 0.2) is 11.6 Å². The van der Waals surface area contributed by atoms with Crippen LogP contribution in [0.15, 0.2) is 36.9 Å². The number of aromatic nitrogens is 6. The minimum Gasteiger partial charge on any atom is -0.372 e. The van der Waals surface area contributed by atoms with E-state index in [1.165, 1.54) is 19.5 Å². The molecule has 1 N–H and O–H groups in total. The Morgan fingerprint density at radius 3 is 2.35 bits per heavy atom. The molecule has 0 spiro atoms. The summed E-state index contributed by atoms with van der Waals surface area (Å²) in [6, 6.07) is 3.89. The molecule has 12 heteroatoms. The van der Waals surface area contributed by atoms with E-state index in [1.54, 1.807) is 19.3 Å². The van der Waals surface area contributed by atoms with Gasteiger partial charge in [-0.3, -0.25) is 14.3 Å². The molecule has 3 aromatic heterocycles. The molecule has 5 rings (SSSR count). The molecule has 2 fully saturated rings. The molecule has 0 aliphatic heterocycles. The lowest BCUT2D eigenvalue weighted by atomic mass is 10.1. The molecule has 0 amide bonds. The first-order chi connectivity index (χ1) is 16.4. The number of hydrogen-bond acceptors (Lipinski definition) is 8. The fraction of sp³-hybridized carbons (Fsp3) is 0.500. The van der Waals surface area contributed by atoms with Gasteiger partial charge in [0, 0.05) is 43.5 Å². The summed E-state index contributed by atoms with van der Waals surface area (Å²) in [5, 5.41) is 8.00. The van der Waals surface area contributed by atoms with E-state index in [2.05, 4.69) is 29.9 Å². The second-order valence-corrected chi connectivity index (χ2v) is 11.4. The quantitative estimate of drug-likeness (QED) is 0.444. The monoisotopic (exact) mass is 503 g/mol. The topological polar surface area (TPSA) is 125 Å². The number of nitrogens with one attached hydrogen (secondary N) is 1. The number of ether oxygens (including phenoxy) is 1. The average molecular weight is 504 g/mol. The van der Waals surface area contributed by atoms with E-state index >= 15 is 0 Å². The van der Waals surface area contributed by atoms with Gasteiger partial charge < -0.3 is 4.74 Å². The number of rotatable bonds is 10. The summed E-state index contributed by atoms with van der Waals surface area (Å²) in [5.41, 5.74) is 0.795. The van der Waals surface area contributed by atoms with Crippen molar-refractivity contribution >= 4 is 27.6 Å². The first kappa shape index (κ1) is 23.1. The van der Waals surface area contributed by atoms with Crippen LogP contribution >= 0.6 is 11.6 Å². The number of hydrogen-bond donors (Lipinski definition) is 1. The highest BCUT2D eigenvalue weighted by molar-refractivity contribution is 7.93. The van der Waals surface area contributed by atoms with Crippen molar-refractivity contribution in [3.05, 3.63) is 47.8 Å². The van der Waals surface area contributed by atoms with Crippen molar-refractivity contribution in [2.75, 3.05) is 11.8 Å².